The summed E-state index contributed by atoms with van der Waals surface area (Å²) in [6, 6.07) is 3.81. The van der Waals surface area contributed by atoms with E-state index < -0.39 is 0 Å². The van der Waals surface area contributed by atoms with E-state index in [1.165, 1.54) is 0 Å². The Morgan fingerprint density at radius 2 is 2.04 bits per heavy atom. The molecule has 0 bridgehead atoms. The number of nitrogens with zero attached hydrogens (tertiary/aromatic N) is 4. The maximum absolute atomic E-state index is 12.7. The molecule has 0 saturated carbocycles. The summed E-state index contributed by atoms with van der Waals surface area (Å²) in [7, 11) is 3.84. The van der Waals surface area contributed by atoms with E-state index in [2.05, 4.69) is 10.3 Å². The minimum absolute atomic E-state index is 0. The molecule has 1 aromatic heterocycles. The number of likely N-dealkylation sites (tertiary alicyclic amines) is 1. The van der Waals surface area contributed by atoms with Gasteiger partial charge in [-0.25, -0.2) is 4.98 Å². The first-order valence-electron chi connectivity index (χ1n) is 8.49. The Hall–Kier alpha value is -1.57. The van der Waals surface area contributed by atoms with E-state index in [1.807, 2.05) is 40.9 Å². The quantitative estimate of drug-likeness (QED) is 0.815. The molecule has 146 valence electrons. The van der Waals surface area contributed by atoms with Gasteiger partial charge in [0.1, 0.15) is 5.82 Å². The topological polar surface area (TPSA) is 68.8 Å². The summed E-state index contributed by atoms with van der Waals surface area (Å²) in [5.74, 6) is 0.965. The molecule has 2 amide bonds. The van der Waals surface area contributed by atoms with E-state index in [-0.39, 0.29) is 42.7 Å². The second kappa shape index (κ2) is 9.94. The molecule has 1 unspecified atom stereocenters. The summed E-state index contributed by atoms with van der Waals surface area (Å²) in [5, 5.41) is 3.09. The zero-order chi connectivity index (χ0) is 17.1. The molecule has 1 N–H and O–H groups in total. The van der Waals surface area contributed by atoms with Crippen molar-refractivity contribution in [3.8, 4) is 0 Å². The van der Waals surface area contributed by atoms with Crippen LogP contribution in [-0.2, 0) is 4.79 Å². The van der Waals surface area contributed by atoms with Crippen LogP contribution < -0.4 is 10.2 Å². The van der Waals surface area contributed by atoms with E-state index in [4.69, 9.17) is 0 Å². The Balaban J connectivity index is 0.00000169. The van der Waals surface area contributed by atoms with Gasteiger partial charge in [-0.05, 0) is 25.0 Å². The highest BCUT2D eigenvalue weighted by atomic mass is 35.5. The van der Waals surface area contributed by atoms with E-state index in [1.54, 1.807) is 6.20 Å². The Kier molecular flexibility index (Phi) is 8.59. The van der Waals surface area contributed by atoms with Crippen LogP contribution >= 0.6 is 24.8 Å². The van der Waals surface area contributed by atoms with Crippen LogP contribution in [0.5, 0.6) is 0 Å². The number of aromatic nitrogens is 1. The van der Waals surface area contributed by atoms with Gasteiger partial charge in [-0.15, -0.1) is 24.8 Å². The summed E-state index contributed by atoms with van der Waals surface area (Å²) < 4.78 is 0. The number of piperazine rings is 1. The highest BCUT2D eigenvalue weighted by Crippen LogP contribution is 2.19. The highest BCUT2D eigenvalue weighted by molar-refractivity contribution is 5.94. The van der Waals surface area contributed by atoms with Gasteiger partial charge in [0.15, 0.2) is 0 Å². The molecule has 3 heterocycles. The average molecular weight is 404 g/mol. The number of amides is 2. The second-order valence-corrected chi connectivity index (χ2v) is 6.61. The number of carbonyl (C=O) groups is 2. The molecule has 3 rings (SSSR count). The monoisotopic (exact) mass is 403 g/mol. The number of anilines is 1. The molecule has 2 fully saturated rings. The summed E-state index contributed by atoms with van der Waals surface area (Å²) in [6.07, 6.45) is 3.53. The number of rotatable bonds is 3. The first-order valence-corrected chi connectivity index (χ1v) is 8.49. The fourth-order valence-corrected chi connectivity index (χ4v) is 3.36. The van der Waals surface area contributed by atoms with Crippen LogP contribution in [0.4, 0.5) is 5.82 Å². The van der Waals surface area contributed by atoms with Crippen molar-refractivity contribution in [3.63, 3.8) is 0 Å². The van der Waals surface area contributed by atoms with Gasteiger partial charge in [0.25, 0.3) is 5.91 Å². The normalized spacial score (nSPS) is 20.1. The smallest absolute Gasteiger partial charge is 0.255 e. The molecule has 2 aliphatic heterocycles. The summed E-state index contributed by atoms with van der Waals surface area (Å²) in [6.45, 7) is 3.31. The van der Waals surface area contributed by atoms with Crippen LogP contribution in [-0.4, -0.2) is 79.5 Å². The SMILES string of the molecule is CN(C)c1ccc(C(=O)N2CCCC(N3CCNCC3=O)C2)cn1.Cl.Cl. The van der Waals surface area contributed by atoms with Crippen LogP contribution in [0.15, 0.2) is 18.3 Å². The lowest BCUT2D eigenvalue weighted by atomic mass is 10.0. The number of piperidine rings is 1. The van der Waals surface area contributed by atoms with Gasteiger partial charge in [-0.3, -0.25) is 9.59 Å². The lowest BCUT2D eigenvalue weighted by Crippen LogP contribution is -2.57. The Morgan fingerprint density at radius 1 is 1.27 bits per heavy atom. The van der Waals surface area contributed by atoms with E-state index in [0.29, 0.717) is 18.7 Å². The van der Waals surface area contributed by atoms with Crippen molar-refractivity contribution in [3.05, 3.63) is 23.9 Å². The van der Waals surface area contributed by atoms with Crippen LogP contribution in [0.1, 0.15) is 23.2 Å². The third-order valence-corrected chi connectivity index (χ3v) is 4.70. The lowest BCUT2D eigenvalue weighted by molar-refractivity contribution is -0.135. The van der Waals surface area contributed by atoms with Crippen molar-refractivity contribution in [2.45, 2.75) is 18.9 Å². The second-order valence-electron chi connectivity index (χ2n) is 6.61. The number of pyridine rings is 1. The molecule has 26 heavy (non-hydrogen) atoms. The van der Waals surface area contributed by atoms with Gasteiger partial charge in [-0.1, -0.05) is 0 Å². The number of hydrogen-bond acceptors (Lipinski definition) is 5. The number of carbonyl (C=O) groups excluding carboxylic acids is 2. The molecule has 2 aliphatic rings. The van der Waals surface area contributed by atoms with Crippen molar-refractivity contribution in [1.29, 1.82) is 0 Å². The van der Waals surface area contributed by atoms with Crippen LogP contribution in [0.3, 0.4) is 0 Å². The van der Waals surface area contributed by atoms with Gasteiger partial charge >= 0.3 is 0 Å². The van der Waals surface area contributed by atoms with Crippen molar-refractivity contribution >= 4 is 42.4 Å². The fraction of sp³-hybridized carbons (Fsp3) is 0.588. The predicted octanol–water partition coefficient (Wildman–Crippen LogP) is 1.03. The molecule has 9 heteroatoms. The Bertz CT molecular complexity index is 612. The maximum Gasteiger partial charge on any atom is 0.255 e. The molecule has 0 spiro atoms. The molecule has 7 nitrogen and oxygen atoms in total. The van der Waals surface area contributed by atoms with Gasteiger partial charge in [0.05, 0.1) is 12.1 Å². The summed E-state index contributed by atoms with van der Waals surface area (Å²) >= 11 is 0. The third-order valence-electron chi connectivity index (χ3n) is 4.70. The molecular weight excluding hydrogens is 377 g/mol. The maximum atomic E-state index is 12.7. The lowest BCUT2D eigenvalue weighted by Gasteiger charge is -2.41. The van der Waals surface area contributed by atoms with Crippen molar-refractivity contribution in [1.82, 2.24) is 20.1 Å². The van der Waals surface area contributed by atoms with Gasteiger partial charge in [-0.2, -0.15) is 0 Å². The van der Waals surface area contributed by atoms with Crippen molar-refractivity contribution in [2.75, 3.05) is 51.7 Å². The average Bonchev–Trinajstić information content (AvgIpc) is 2.61. The van der Waals surface area contributed by atoms with Crippen LogP contribution in [0.2, 0.25) is 0 Å². The standard InChI is InChI=1S/C17H25N5O2.2ClH/c1-20(2)15-6-5-13(10-19-15)17(24)21-8-3-4-14(12-21)22-9-7-18-11-16(22)23;;/h5-6,10,14,18H,3-4,7-9,11-12H2,1-2H3;2*1H. The number of halogens is 2. The predicted molar refractivity (Wildman–Crippen MR) is 107 cm³/mol. The van der Waals surface area contributed by atoms with Gasteiger partial charge in [0, 0.05) is 52.5 Å². The summed E-state index contributed by atoms with van der Waals surface area (Å²) in [5.41, 5.74) is 0.605. The highest BCUT2D eigenvalue weighted by Gasteiger charge is 2.31. The first-order chi connectivity index (χ1) is 11.6. The number of hydrogen-bond donors (Lipinski definition) is 1. The molecular formula is C17H27Cl2N5O2. The van der Waals surface area contributed by atoms with E-state index in [9.17, 15) is 9.59 Å². The molecule has 1 atom stereocenters. The Morgan fingerprint density at radius 3 is 2.65 bits per heavy atom. The van der Waals surface area contributed by atoms with Gasteiger partial charge in [0.2, 0.25) is 5.91 Å². The first kappa shape index (κ1) is 22.5. The summed E-state index contributed by atoms with van der Waals surface area (Å²) in [4.78, 5) is 34.8. The largest absolute Gasteiger partial charge is 0.363 e. The van der Waals surface area contributed by atoms with Gasteiger partial charge < -0.3 is 20.0 Å². The third kappa shape index (κ3) is 4.99. The number of nitrogens with one attached hydrogen (secondary N) is 1. The zero-order valence-corrected chi connectivity index (χ0v) is 16.8. The zero-order valence-electron chi connectivity index (χ0n) is 15.2. The minimum Gasteiger partial charge on any atom is -0.363 e. The molecule has 0 radical (unpaired) electrons. The van der Waals surface area contributed by atoms with Crippen LogP contribution in [0.25, 0.3) is 0 Å². The molecule has 0 aliphatic carbocycles. The molecule has 1 aromatic rings. The Labute approximate surface area is 166 Å². The van der Waals surface area contributed by atoms with Crippen molar-refractivity contribution < 1.29 is 9.59 Å². The molecule has 0 aromatic carbocycles. The van der Waals surface area contributed by atoms with Crippen LogP contribution in [0, 0.1) is 0 Å². The molecule has 2 saturated heterocycles. The fourth-order valence-electron chi connectivity index (χ4n) is 3.36. The van der Waals surface area contributed by atoms with E-state index in [0.717, 1.165) is 38.3 Å². The minimum atomic E-state index is 0. The van der Waals surface area contributed by atoms with Crippen molar-refractivity contribution in [2.24, 2.45) is 0 Å². The van der Waals surface area contributed by atoms with E-state index >= 15 is 0 Å².